The molecule has 21 heavy (non-hydrogen) atoms. The Kier molecular flexibility index (Phi) is 5.92. The number of nitrogens with zero attached hydrogens (tertiary/aromatic N) is 3. The van der Waals surface area contributed by atoms with Crippen LogP contribution in [0.25, 0.3) is 0 Å². The maximum Gasteiger partial charge on any atom is 0.272 e. The van der Waals surface area contributed by atoms with Gasteiger partial charge in [-0.3, -0.25) is 4.79 Å². The second-order valence-electron chi connectivity index (χ2n) is 5.36. The summed E-state index contributed by atoms with van der Waals surface area (Å²) in [5.41, 5.74) is 0.429. The summed E-state index contributed by atoms with van der Waals surface area (Å²) in [7, 11) is 1.81. The van der Waals surface area contributed by atoms with E-state index in [0.717, 1.165) is 38.8 Å². The Hall–Kier alpha value is -1.69. The molecule has 116 valence electrons. The molecular weight excluding hydrogens is 268 g/mol. The standard InChI is InChI=1S/C15H24N4O2/c1-3-4-9-19(2)14(20)13-7-8-16-15(18-13)17-11-12-6-5-10-21-12/h7-8,12H,3-6,9-11H2,1-2H3,(H,16,17,18). The Morgan fingerprint density at radius 1 is 1.57 bits per heavy atom. The first-order chi connectivity index (χ1) is 10.2. The van der Waals surface area contributed by atoms with Gasteiger partial charge in [-0.1, -0.05) is 13.3 Å². The molecule has 1 N–H and O–H groups in total. The van der Waals surface area contributed by atoms with Gasteiger partial charge in [-0.15, -0.1) is 0 Å². The molecule has 1 aliphatic rings. The van der Waals surface area contributed by atoms with E-state index < -0.39 is 0 Å². The summed E-state index contributed by atoms with van der Waals surface area (Å²) in [4.78, 5) is 22.4. The van der Waals surface area contributed by atoms with Crippen LogP contribution in [0.5, 0.6) is 0 Å². The summed E-state index contributed by atoms with van der Waals surface area (Å²) in [5.74, 6) is 0.422. The number of amides is 1. The molecule has 1 fully saturated rings. The number of aromatic nitrogens is 2. The molecule has 6 nitrogen and oxygen atoms in total. The first-order valence-corrected chi connectivity index (χ1v) is 7.64. The maximum absolute atomic E-state index is 12.2. The zero-order chi connectivity index (χ0) is 15.1. The van der Waals surface area contributed by atoms with Crippen LogP contribution in [0.3, 0.4) is 0 Å². The third-order valence-corrected chi connectivity index (χ3v) is 3.58. The van der Waals surface area contributed by atoms with Crippen LogP contribution in [-0.4, -0.2) is 53.6 Å². The smallest absolute Gasteiger partial charge is 0.272 e. The lowest BCUT2D eigenvalue weighted by Crippen LogP contribution is -2.29. The Bertz CT molecular complexity index is 461. The fourth-order valence-electron chi connectivity index (χ4n) is 2.27. The van der Waals surface area contributed by atoms with E-state index in [1.807, 2.05) is 0 Å². The summed E-state index contributed by atoms with van der Waals surface area (Å²) >= 11 is 0. The van der Waals surface area contributed by atoms with Crippen molar-refractivity contribution in [2.24, 2.45) is 0 Å². The molecule has 1 atom stereocenters. The molecule has 0 bridgehead atoms. The topological polar surface area (TPSA) is 67.4 Å². The van der Waals surface area contributed by atoms with E-state index in [1.165, 1.54) is 0 Å². The van der Waals surface area contributed by atoms with E-state index >= 15 is 0 Å². The van der Waals surface area contributed by atoms with Gasteiger partial charge in [0.25, 0.3) is 5.91 Å². The lowest BCUT2D eigenvalue weighted by Gasteiger charge is -2.16. The zero-order valence-electron chi connectivity index (χ0n) is 12.8. The normalized spacial score (nSPS) is 17.7. The van der Waals surface area contributed by atoms with E-state index in [0.29, 0.717) is 18.2 Å². The number of hydrogen-bond donors (Lipinski definition) is 1. The second kappa shape index (κ2) is 7.93. The van der Waals surface area contributed by atoms with Gasteiger partial charge in [0.1, 0.15) is 5.69 Å². The van der Waals surface area contributed by atoms with Crippen LogP contribution in [0.1, 0.15) is 43.1 Å². The van der Waals surface area contributed by atoms with Gasteiger partial charge in [-0.05, 0) is 25.3 Å². The van der Waals surface area contributed by atoms with Crippen molar-refractivity contribution in [3.8, 4) is 0 Å². The van der Waals surface area contributed by atoms with Gasteiger partial charge in [-0.25, -0.2) is 9.97 Å². The third kappa shape index (κ3) is 4.67. The van der Waals surface area contributed by atoms with Crippen LogP contribution < -0.4 is 5.32 Å². The number of ether oxygens (including phenoxy) is 1. The molecular formula is C15H24N4O2. The third-order valence-electron chi connectivity index (χ3n) is 3.58. The summed E-state index contributed by atoms with van der Waals surface area (Å²) in [6, 6.07) is 1.65. The SMILES string of the molecule is CCCCN(C)C(=O)c1ccnc(NCC2CCCO2)n1. The first kappa shape index (κ1) is 15.7. The molecule has 1 amide bonds. The Morgan fingerprint density at radius 3 is 3.14 bits per heavy atom. The molecule has 6 heteroatoms. The molecule has 1 aliphatic heterocycles. The highest BCUT2D eigenvalue weighted by atomic mass is 16.5. The van der Waals surface area contributed by atoms with Crippen molar-refractivity contribution in [1.29, 1.82) is 0 Å². The first-order valence-electron chi connectivity index (χ1n) is 7.64. The van der Waals surface area contributed by atoms with Gasteiger partial charge in [0.15, 0.2) is 0 Å². The van der Waals surface area contributed by atoms with Crippen molar-refractivity contribution in [3.05, 3.63) is 18.0 Å². The monoisotopic (exact) mass is 292 g/mol. The lowest BCUT2D eigenvalue weighted by atomic mass is 10.2. The number of nitrogens with one attached hydrogen (secondary N) is 1. The minimum Gasteiger partial charge on any atom is -0.376 e. The summed E-state index contributed by atoms with van der Waals surface area (Å²) in [6.45, 7) is 4.37. The zero-order valence-corrected chi connectivity index (χ0v) is 12.8. The summed E-state index contributed by atoms with van der Waals surface area (Å²) in [6.07, 6.45) is 6.07. The van der Waals surface area contributed by atoms with Crippen molar-refractivity contribution in [1.82, 2.24) is 14.9 Å². The van der Waals surface area contributed by atoms with E-state index in [2.05, 4.69) is 22.2 Å². The number of carbonyl (C=O) groups is 1. The fourth-order valence-corrected chi connectivity index (χ4v) is 2.27. The van der Waals surface area contributed by atoms with Gasteiger partial charge >= 0.3 is 0 Å². The van der Waals surface area contributed by atoms with E-state index in [-0.39, 0.29) is 12.0 Å². The van der Waals surface area contributed by atoms with Crippen molar-refractivity contribution < 1.29 is 9.53 Å². The molecule has 0 spiro atoms. The summed E-state index contributed by atoms with van der Waals surface area (Å²) < 4.78 is 5.54. The summed E-state index contributed by atoms with van der Waals surface area (Å²) in [5, 5.41) is 3.15. The highest BCUT2D eigenvalue weighted by Crippen LogP contribution is 2.12. The lowest BCUT2D eigenvalue weighted by molar-refractivity contribution is 0.0787. The minimum atomic E-state index is -0.0639. The molecule has 1 aromatic rings. The number of unbranched alkanes of at least 4 members (excludes halogenated alkanes) is 1. The van der Waals surface area contributed by atoms with Crippen molar-refractivity contribution in [2.75, 3.05) is 32.1 Å². The predicted molar refractivity (Wildman–Crippen MR) is 81.4 cm³/mol. The molecule has 1 unspecified atom stereocenters. The highest BCUT2D eigenvalue weighted by Gasteiger charge is 2.17. The number of carbonyl (C=O) groups excluding carboxylic acids is 1. The van der Waals surface area contributed by atoms with Crippen LogP contribution >= 0.6 is 0 Å². The van der Waals surface area contributed by atoms with E-state index in [9.17, 15) is 4.79 Å². The van der Waals surface area contributed by atoms with Crippen molar-refractivity contribution in [2.45, 2.75) is 38.7 Å². The minimum absolute atomic E-state index is 0.0639. The number of anilines is 1. The Labute approximate surface area is 125 Å². The van der Waals surface area contributed by atoms with Crippen LogP contribution in [0.2, 0.25) is 0 Å². The van der Waals surface area contributed by atoms with Gasteiger partial charge < -0.3 is 15.0 Å². The fraction of sp³-hybridized carbons (Fsp3) is 0.667. The average molecular weight is 292 g/mol. The number of rotatable bonds is 7. The van der Waals surface area contributed by atoms with Crippen LogP contribution in [0.15, 0.2) is 12.3 Å². The van der Waals surface area contributed by atoms with Gasteiger partial charge in [-0.2, -0.15) is 0 Å². The molecule has 2 rings (SSSR count). The van der Waals surface area contributed by atoms with Gasteiger partial charge in [0.05, 0.1) is 6.10 Å². The van der Waals surface area contributed by atoms with Gasteiger partial charge in [0.2, 0.25) is 5.95 Å². The van der Waals surface area contributed by atoms with E-state index in [4.69, 9.17) is 4.74 Å². The Balaban J connectivity index is 1.91. The molecule has 1 aromatic heterocycles. The largest absolute Gasteiger partial charge is 0.376 e. The van der Waals surface area contributed by atoms with E-state index in [1.54, 1.807) is 24.2 Å². The molecule has 2 heterocycles. The molecule has 0 radical (unpaired) electrons. The van der Waals surface area contributed by atoms with Crippen LogP contribution in [0, 0.1) is 0 Å². The average Bonchev–Trinajstić information content (AvgIpc) is 3.03. The molecule has 0 saturated carbocycles. The highest BCUT2D eigenvalue weighted by molar-refractivity contribution is 5.92. The van der Waals surface area contributed by atoms with Crippen LogP contribution in [-0.2, 0) is 4.74 Å². The van der Waals surface area contributed by atoms with Crippen LogP contribution in [0.4, 0.5) is 5.95 Å². The number of hydrogen-bond acceptors (Lipinski definition) is 5. The molecule has 0 aromatic carbocycles. The van der Waals surface area contributed by atoms with Gasteiger partial charge in [0, 0.05) is 32.9 Å². The Morgan fingerprint density at radius 2 is 2.43 bits per heavy atom. The second-order valence-corrected chi connectivity index (χ2v) is 5.36. The quantitative estimate of drug-likeness (QED) is 0.832. The molecule has 0 aliphatic carbocycles. The van der Waals surface area contributed by atoms with Crippen molar-refractivity contribution in [3.63, 3.8) is 0 Å². The predicted octanol–water partition coefficient (Wildman–Crippen LogP) is 1.94. The maximum atomic E-state index is 12.2. The van der Waals surface area contributed by atoms with Crippen molar-refractivity contribution >= 4 is 11.9 Å². The molecule has 1 saturated heterocycles.